The lowest BCUT2D eigenvalue weighted by atomic mass is 10.1. The summed E-state index contributed by atoms with van der Waals surface area (Å²) in [5, 5.41) is 3.33. The van der Waals surface area contributed by atoms with Gasteiger partial charge in [0, 0.05) is 16.7 Å². The minimum Gasteiger partial charge on any atom is -0.380 e. The molecule has 0 saturated heterocycles. The van der Waals surface area contributed by atoms with Crippen LogP contribution in [0.2, 0.25) is 0 Å². The second kappa shape index (κ2) is 5.33. The molecule has 3 heteroatoms. The Kier molecular flexibility index (Phi) is 3.56. The second-order valence-corrected chi connectivity index (χ2v) is 5.85. The zero-order chi connectivity index (χ0) is 13.2. The lowest BCUT2D eigenvalue weighted by Gasteiger charge is -2.09. The molecule has 0 heterocycles. The van der Waals surface area contributed by atoms with Gasteiger partial charge in [0.1, 0.15) is 5.82 Å². The largest absolute Gasteiger partial charge is 0.380 e. The summed E-state index contributed by atoms with van der Waals surface area (Å²) in [6.07, 6.45) is 2.64. The maximum atomic E-state index is 13.0. The molecule has 1 saturated carbocycles. The van der Waals surface area contributed by atoms with Gasteiger partial charge < -0.3 is 5.32 Å². The standard InChI is InChI=1S/C16H15BrFN/c17-15-9-14(18)6-7-16(15)19-10-11-2-1-3-13(8-11)12-4-5-12/h1-3,6-9,12,19H,4-5,10H2. The highest BCUT2D eigenvalue weighted by Crippen LogP contribution is 2.40. The Morgan fingerprint density at radius 3 is 2.74 bits per heavy atom. The minimum absolute atomic E-state index is 0.229. The van der Waals surface area contributed by atoms with Crippen LogP contribution in [0.1, 0.15) is 29.9 Å². The fraction of sp³-hybridized carbons (Fsp3) is 0.250. The van der Waals surface area contributed by atoms with Crippen molar-refractivity contribution in [1.82, 2.24) is 0 Å². The molecule has 1 nitrogen and oxygen atoms in total. The summed E-state index contributed by atoms with van der Waals surface area (Å²) in [5.41, 5.74) is 3.62. The van der Waals surface area contributed by atoms with Gasteiger partial charge in [0.25, 0.3) is 0 Å². The predicted molar refractivity (Wildman–Crippen MR) is 79.8 cm³/mol. The van der Waals surface area contributed by atoms with Crippen molar-refractivity contribution in [2.75, 3.05) is 5.32 Å². The summed E-state index contributed by atoms with van der Waals surface area (Å²) in [6, 6.07) is 13.4. The topological polar surface area (TPSA) is 12.0 Å². The molecule has 0 spiro atoms. The van der Waals surface area contributed by atoms with Crippen LogP contribution in [0.15, 0.2) is 46.9 Å². The molecule has 0 bridgehead atoms. The summed E-state index contributed by atoms with van der Waals surface area (Å²) in [7, 11) is 0. The first-order valence-corrected chi connectivity index (χ1v) is 7.29. The fourth-order valence-electron chi connectivity index (χ4n) is 2.20. The van der Waals surface area contributed by atoms with Crippen LogP contribution in [0.3, 0.4) is 0 Å². The third-order valence-electron chi connectivity index (χ3n) is 3.41. The minimum atomic E-state index is -0.229. The lowest BCUT2D eigenvalue weighted by Crippen LogP contribution is -2.00. The van der Waals surface area contributed by atoms with Crippen molar-refractivity contribution in [2.24, 2.45) is 0 Å². The molecule has 0 aromatic heterocycles. The molecule has 1 aliphatic rings. The van der Waals surface area contributed by atoms with Gasteiger partial charge in [-0.25, -0.2) is 4.39 Å². The molecule has 0 aliphatic heterocycles. The molecule has 3 rings (SSSR count). The Bertz CT molecular complexity index is 593. The van der Waals surface area contributed by atoms with Crippen LogP contribution in [0.4, 0.5) is 10.1 Å². The molecule has 0 unspecified atom stereocenters. The predicted octanol–water partition coefficient (Wildman–Crippen LogP) is 5.08. The number of hydrogen-bond acceptors (Lipinski definition) is 1. The summed E-state index contributed by atoms with van der Waals surface area (Å²) in [6.45, 7) is 0.755. The van der Waals surface area contributed by atoms with E-state index in [1.54, 1.807) is 6.07 Å². The van der Waals surface area contributed by atoms with Crippen LogP contribution < -0.4 is 5.32 Å². The van der Waals surface area contributed by atoms with Crippen LogP contribution in [0, 0.1) is 5.82 Å². The number of hydrogen-bond donors (Lipinski definition) is 1. The van der Waals surface area contributed by atoms with Crippen molar-refractivity contribution in [2.45, 2.75) is 25.3 Å². The van der Waals surface area contributed by atoms with E-state index in [4.69, 9.17) is 0 Å². The third kappa shape index (κ3) is 3.16. The molecule has 98 valence electrons. The molecule has 0 amide bonds. The average molecular weight is 320 g/mol. The van der Waals surface area contributed by atoms with E-state index in [1.807, 2.05) is 0 Å². The van der Waals surface area contributed by atoms with Gasteiger partial charge in [0.05, 0.1) is 0 Å². The van der Waals surface area contributed by atoms with Crippen LogP contribution in [-0.4, -0.2) is 0 Å². The lowest BCUT2D eigenvalue weighted by molar-refractivity contribution is 0.627. The maximum Gasteiger partial charge on any atom is 0.124 e. The first-order chi connectivity index (χ1) is 9.22. The number of rotatable bonds is 4. The van der Waals surface area contributed by atoms with E-state index in [-0.39, 0.29) is 5.82 Å². The highest BCUT2D eigenvalue weighted by Gasteiger charge is 2.23. The van der Waals surface area contributed by atoms with Gasteiger partial charge in [-0.05, 0) is 64.0 Å². The van der Waals surface area contributed by atoms with E-state index >= 15 is 0 Å². The number of nitrogens with one attached hydrogen (secondary N) is 1. The molecular formula is C16H15BrFN. The molecule has 2 aromatic rings. The van der Waals surface area contributed by atoms with E-state index < -0.39 is 0 Å². The Labute approximate surface area is 121 Å². The monoisotopic (exact) mass is 319 g/mol. The highest BCUT2D eigenvalue weighted by atomic mass is 79.9. The zero-order valence-electron chi connectivity index (χ0n) is 10.5. The Morgan fingerprint density at radius 2 is 2.00 bits per heavy atom. The van der Waals surface area contributed by atoms with Gasteiger partial charge in [0.15, 0.2) is 0 Å². The van der Waals surface area contributed by atoms with Gasteiger partial charge in [-0.2, -0.15) is 0 Å². The van der Waals surface area contributed by atoms with Crippen LogP contribution in [-0.2, 0) is 6.54 Å². The normalized spacial score (nSPS) is 14.4. The van der Waals surface area contributed by atoms with Crippen molar-refractivity contribution < 1.29 is 4.39 Å². The second-order valence-electron chi connectivity index (χ2n) is 5.00. The van der Waals surface area contributed by atoms with E-state index in [0.29, 0.717) is 0 Å². The SMILES string of the molecule is Fc1ccc(NCc2cccc(C3CC3)c2)c(Br)c1. The van der Waals surface area contributed by atoms with Crippen LogP contribution in [0.25, 0.3) is 0 Å². The van der Waals surface area contributed by atoms with Crippen LogP contribution >= 0.6 is 15.9 Å². The van der Waals surface area contributed by atoms with Crippen molar-refractivity contribution in [3.63, 3.8) is 0 Å². The molecule has 1 fully saturated rings. The van der Waals surface area contributed by atoms with Gasteiger partial charge in [0.2, 0.25) is 0 Å². The van der Waals surface area contributed by atoms with E-state index in [1.165, 1.54) is 36.1 Å². The Hall–Kier alpha value is -1.35. The van der Waals surface area contributed by atoms with Gasteiger partial charge in [-0.15, -0.1) is 0 Å². The van der Waals surface area contributed by atoms with Gasteiger partial charge in [-0.3, -0.25) is 0 Å². The van der Waals surface area contributed by atoms with E-state index in [0.717, 1.165) is 22.6 Å². The first kappa shape index (κ1) is 12.7. The van der Waals surface area contributed by atoms with Gasteiger partial charge in [-0.1, -0.05) is 24.3 Å². The molecule has 0 radical (unpaired) electrons. The molecule has 19 heavy (non-hydrogen) atoms. The quantitative estimate of drug-likeness (QED) is 0.828. The molecule has 0 atom stereocenters. The van der Waals surface area contributed by atoms with Gasteiger partial charge >= 0.3 is 0 Å². The van der Waals surface area contributed by atoms with E-state index in [2.05, 4.69) is 45.5 Å². The van der Waals surface area contributed by atoms with Crippen molar-refractivity contribution in [3.8, 4) is 0 Å². The fourth-order valence-corrected chi connectivity index (χ4v) is 2.69. The average Bonchev–Trinajstić information content (AvgIpc) is 3.22. The first-order valence-electron chi connectivity index (χ1n) is 6.50. The third-order valence-corrected chi connectivity index (χ3v) is 4.07. The zero-order valence-corrected chi connectivity index (χ0v) is 12.1. The van der Waals surface area contributed by atoms with Crippen LogP contribution in [0.5, 0.6) is 0 Å². The molecule has 1 N–H and O–H groups in total. The smallest absolute Gasteiger partial charge is 0.124 e. The maximum absolute atomic E-state index is 13.0. The van der Waals surface area contributed by atoms with Crippen molar-refractivity contribution in [3.05, 3.63) is 63.9 Å². The van der Waals surface area contributed by atoms with Crippen molar-refractivity contribution in [1.29, 1.82) is 0 Å². The summed E-state index contributed by atoms with van der Waals surface area (Å²) in [4.78, 5) is 0. The number of benzene rings is 2. The Balaban J connectivity index is 1.69. The summed E-state index contributed by atoms with van der Waals surface area (Å²) >= 11 is 3.37. The highest BCUT2D eigenvalue weighted by molar-refractivity contribution is 9.10. The molecule has 2 aromatic carbocycles. The summed E-state index contributed by atoms with van der Waals surface area (Å²) < 4.78 is 13.8. The molecular weight excluding hydrogens is 305 g/mol. The van der Waals surface area contributed by atoms with E-state index in [9.17, 15) is 4.39 Å². The molecule has 1 aliphatic carbocycles. The Morgan fingerprint density at radius 1 is 1.16 bits per heavy atom. The number of anilines is 1. The summed E-state index contributed by atoms with van der Waals surface area (Å²) in [5.74, 6) is 0.547. The van der Waals surface area contributed by atoms with Crippen molar-refractivity contribution >= 4 is 21.6 Å². The number of halogens is 2.